The molecule has 0 amide bonds. The summed E-state index contributed by atoms with van der Waals surface area (Å²) in [4.78, 5) is 2.38. The van der Waals surface area contributed by atoms with E-state index in [-0.39, 0.29) is 25.0 Å². The van der Waals surface area contributed by atoms with Gasteiger partial charge in [0.2, 0.25) is 0 Å². The number of nitrogens with zero attached hydrogens (tertiary/aromatic N) is 1. The monoisotopic (exact) mass is 181 g/mol. The zero-order chi connectivity index (χ0) is 5.70. The molecule has 0 bridgehead atoms. The van der Waals surface area contributed by atoms with Gasteiger partial charge in [0.15, 0.2) is 0 Å². The predicted molar refractivity (Wildman–Crippen MR) is 34.1 cm³/mol. The fraction of sp³-hybridized carbons (Fsp3) is 1.00. The van der Waals surface area contributed by atoms with E-state index >= 15 is 0 Å². The summed E-state index contributed by atoms with van der Waals surface area (Å²) in [5.74, 6) is 0. The van der Waals surface area contributed by atoms with Crippen LogP contribution in [0.4, 0.5) is 0 Å². The minimum absolute atomic E-state index is 0. The van der Waals surface area contributed by atoms with Crippen LogP contribution >= 0.6 is 0 Å². The molecular formula is C6H15NOZn. The number of hydrogen-bond acceptors (Lipinski definition) is 1. The average Bonchev–Trinajstić information content (AvgIpc) is 1.72. The van der Waals surface area contributed by atoms with E-state index in [0.717, 1.165) is 0 Å². The Balaban J connectivity index is -0.000000180. The fourth-order valence-corrected chi connectivity index (χ4v) is 0.671. The Morgan fingerprint density at radius 2 is 1.11 bits per heavy atom. The Kier molecular flexibility index (Phi) is 20.5. The smallest absolute Gasteiger partial charge is 2.00 e. The maximum absolute atomic E-state index is 2.38. The number of hydrogen-bond donors (Lipinski definition) is 0. The molecule has 0 aliphatic rings. The average molecular weight is 183 g/mol. The van der Waals surface area contributed by atoms with Crippen molar-refractivity contribution in [1.29, 1.82) is 0 Å². The quantitative estimate of drug-likeness (QED) is 0.604. The topological polar surface area (TPSA) is 31.7 Å². The predicted octanol–water partition coefficient (Wildman–Crippen LogP) is 1.23. The first-order chi connectivity index (χ1) is 3.35. The van der Waals surface area contributed by atoms with Crippen molar-refractivity contribution in [1.82, 2.24) is 4.90 Å². The third-order valence-electron chi connectivity index (χ3n) is 1.34. The molecule has 0 rings (SSSR count). The van der Waals surface area contributed by atoms with E-state index in [0.29, 0.717) is 0 Å². The molecule has 3 heteroatoms. The molecule has 0 aromatic carbocycles. The molecule has 0 aliphatic heterocycles. The molecule has 0 fully saturated rings. The molecule has 0 aliphatic carbocycles. The van der Waals surface area contributed by atoms with Gasteiger partial charge < -0.3 is 10.4 Å². The van der Waals surface area contributed by atoms with Crippen LogP contribution < -0.4 is 0 Å². The van der Waals surface area contributed by atoms with Crippen LogP contribution in [0.3, 0.4) is 0 Å². The van der Waals surface area contributed by atoms with Gasteiger partial charge in [0.25, 0.3) is 0 Å². The van der Waals surface area contributed by atoms with E-state index < -0.39 is 0 Å². The Hall–Kier alpha value is 0.543. The standard InChI is InChI=1S/C6H15N.O.Zn/c1-4-7(5-2)6-3;;/h4-6H2,1-3H3;;/q;-2;+2. The van der Waals surface area contributed by atoms with Crippen LogP contribution in [0.2, 0.25) is 0 Å². The van der Waals surface area contributed by atoms with Crippen LogP contribution in [0, 0.1) is 0 Å². The number of rotatable bonds is 3. The van der Waals surface area contributed by atoms with Gasteiger partial charge in [-0.3, -0.25) is 0 Å². The van der Waals surface area contributed by atoms with Crippen LogP contribution in [0.15, 0.2) is 0 Å². The molecule has 0 radical (unpaired) electrons. The molecule has 0 atom stereocenters. The summed E-state index contributed by atoms with van der Waals surface area (Å²) in [7, 11) is 0. The zero-order valence-corrected chi connectivity index (χ0v) is 9.65. The van der Waals surface area contributed by atoms with Gasteiger partial charge in [-0.2, -0.15) is 0 Å². The normalized spacial score (nSPS) is 8.00. The first-order valence-corrected chi connectivity index (χ1v) is 3.07. The summed E-state index contributed by atoms with van der Waals surface area (Å²) in [5.41, 5.74) is 0. The van der Waals surface area contributed by atoms with Gasteiger partial charge in [-0.1, -0.05) is 20.8 Å². The first kappa shape index (κ1) is 16.3. The molecule has 0 N–H and O–H groups in total. The second kappa shape index (κ2) is 11.4. The van der Waals surface area contributed by atoms with Gasteiger partial charge in [-0.05, 0) is 19.6 Å². The molecule has 2 nitrogen and oxygen atoms in total. The van der Waals surface area contributed by atoms with Gasteiger partial charge in [-0.25, -0.2) is 0 Å². The fourth-order valence-electron chi connectivity index (χ4n) is 0.671. The summed E-state index contributed by atoms with van der Waals surface area (Å²) >= 11 is 0. The molecule has 0 unspecified atom stereocenters. The van der Waals surface area contributed by atoms with Crippen LogP contribution in [0.25, 0.3) is 0 Å². The Labute approximate surface area is 70.7 Å². The second-order valence-corrected chi connectivity index (χ2v) is 1.62. The zero-order valence-electron chi connectivity index (χ0n) is 6.68. The summed E-state index contributed by atoms with van der Waals surface area (Å²) in [6, 6.07) is 0. The van der Waals surface area contributed by atoms with E-state index in [2.05, 4.69) is 25.7 Å². The maximum Gasteiger partial charge on any atom is 2.00 e. The van der Waals surface area contributed by atoms with Gasteiger partial charge in [0.1, 0.15) is 0 Å². The van der Waals surface area contributed by atoms with E-state index in [1.807, 2.05) is 0 Å². The van der Waals surface area contributed by atoms with E-state index in [4.69, 9.17) is 0 Å². The first-order valence-electron chi connectivity index (χ1n) is 3.07. The van der Waals surface area contributed by atoms with Crippen LogP contribution in [0.1, 0.15) is 20.8 Å². The Bertz CT molecular complexity index is 34.5. The Morgan fingerprint density at radius 3 is 1.11 bits per heavy atom. The molecular weight excluding hydrogens is 167 g/mol. The van der Waals surface area contributed by atoms with Crippen molar-refractivity contribution in [3.63, 3.8) is 0 Å². The molecule has 0 aromatic heterocycles. The summed E-state index contributed by atoms with van der Waals surface area (Å²) in [6.45, 7) is 10.1. The van der Waals surface area contributed by atoms with Crippen molar-refractivity contribution >= 4 is 0 Å². The van der Waals surface area contributed by atoms with E-state index in [1.54, 1.807) is 0 Å². The minimum atomic E-state index is 0. The van der Waals surface area contributed by atoms with Crippen molar-refractivity contribution in [2.24, 2.45) is 0 Å². The maximum atomic E-state index is 2.38. The molecule has 0 saturated carbocycles. The van der Waals surface area contributed by atoms with Crippen molar-refractivity contribution < 1.29 is 25.0 Å². The van der Waals surface area contributed by atoms with Crippen LogP contribution in [-0.2, 0) is 25.0 Å². The molecule has 0 heterocycles. The Morgan fingerprint density at radius 1 is 0.889 bits per heavy atom. The van der Waals surface area contributed by atoms with Gasteiger partial charge in [0, 0.05) is 0 Å². The van der Waals surface area contributed by atoms with Crippen LogP contribution in [-0.4, -0.2) is 24.5 Å². The van der Waals surface area contributed by atoms with E-state index in [9.17, 15) is 0 Å². The molecule has 0 aromatic rings. The van der Waals surface area contributed by atoms with Crippen molar-refractivity contribution in [2.75, 3.05) is 19.6 Å². The minimum Gasteiger partial charge on any atom is -2.00 e. The van der Waals surface area contributed by atoms with Gasteiger partial charge in [0.05, 0.1) is 0 Å². The van der Waals surface area contributed by atoms with Crippen LogP contribution in [0.5, 0.6) is 0 Å². The summed E-state index contributed by atoms with van der Waals surface area (Å²) in [6.07, 6.45) is 0. The molecule has 9 heavy (non-hydrogen) atoms. The third kappa shape index (κ3) is 8.54. The molecule has 52 valence electrons. The van der Waals surface area contributed by atoms with Crippen molar-refractivity contribution in [3.8, 4) is 0 Å². The summed E-state index contributed by atoms with van der Waals surface area (Å²) < 4.78 is 0. The molecule has 0 spiro atoms. The second-order valence-electron chi connectivity index (χ2n) is 1.62. The summed E-state index contributed by atoms with van der Waals surface area (Å²) in [5, 5.41) is 0. The van der Waals surface area contributed by atoms with E-state index in [1.165, 1.54) is 19.6 Å². The van der Waals surface area contributed by atoms with Crippen molar-refractivity contribution in [2.45, 2.75) is 20.8 Å². The van der Waals surface area contributed by atoms with Gasteiger partial charge in [-0.15, -0.1) is 0 Å². The SMILES string of the molecule is CCN(CC)CC.[O-2].[Zn+2]. The third-order valence-corrected chi connectivity index (χ3v) is 1.34. The molecule has 0 saturated heterocycles. The van der Waals surface area contributed by atoms with Crippen molar-refractivity contribution in [3.05, 3.63) is 0 Å². The largest absolute Gasteiger partial charge is 2.00 e. The van der Waals surface area contributed by atoms with Gasteiger partial charge >= 0.3 is 19.5 Å².